The van der Waals surface area contributed by atoms with Gasteiger partial charge in [-0.1, -0.05) is 12.1 Å². The van der Waals surface area contributed by atoms with E-state index < -0.39 is 53.5 Å². The lowest BCUT2D eigenvalue weighted by molar-refractivity contribution is -0.186. The van der Waals surface area contributed by atoms with E-state index in [-0.39, 0.29) is 11.3 Å². The number of phenolic OH excluding ortho intramolecular Hbond substituents is 1. The SMILES string of the molecule is COc1ccc(N[C@H]2[C@H](N)[C@@](NC(=O)N(C)C)([C@H](C)O)[C@@](C)(O)[C@@]2(O)COC(=O)c2c(C)cccc2O)cc1. The zero-order valence-corrected chi connectivity index (χ0v) is 22.9. The number of carbonyl (C=O) groups is 2. The number of hydrogen-bond acceptors (Lipinski definition) is 10. The van der Waals surface area contributed by atoms with E-state index in [1.54, 1.807) is 43.3 Å². The fraction of sp³-hybridized carbons (Fsp3) is 0.481. The van der Waals surface area contributed by atoms with Crippen molar-refractivity contribution in [3.05, 3.63) is 53.6 Å². The third-order valence-corrected chi connectivity index (χ3v) is 7.72. The van der Waals surface area contributed by atoms with Crippen LogP contribution in [0.2, 0.25) is 0 Å². The minimum atomic E-state index is -2.36. The number of aromatic hydroxyl groups is 1. The highest BCUT2D eigenvalue weighted by Crippen LogP contribution is 2.49. The van der Waals surface area contributed by atoms with Crippen LogP contribution in [0, 0.1) is 6.92 Å². The highest BCUT2D eigenvalue weighted by atomic mass is 16.5. The van der Waals surface area contributed by atoms with Crippen LogP contribution in [0.1, 0.15) is 29.8 Å². The number of amides is 2. The van der Waals surface area contributed by atoms with Gasteiger partial charge in [0, 0.05) is 19.8 Å². The number of esters is 1. The number of methoxy groups -OCH3 is 1. The molecule has 0 saturated heterocycles. The molecule has 0 unspecified atom stereocenters. The zero-order valence-electron chi connectivity index (χ0n) is 22.9. The Kier molecular flexibility index (Phi) is 8.37. The van der Waals surface area contributed by atoms with Gasteiger partial charge in [0.15, 0.2) is 5.60 Å². The number of hydrogen-bond donors (Lipinski definition) is 7. The number of carbonyl (C=O) groups excluding carboxylic acids is 2. The Hall–Kier alpha value is -3.58. The van der Waals surface area contributed by atoms with Crippen LogP contribution in [0.3, 0.4) is 0 Å². The number of aryl methyl sites for hydroxylation is 1. The Balaban J connectivity index is 2.10. The molecule has 1 aliphatic carbocycles. The van der Waals surface area contributed by atoms with Crippen molar-refractivity contribution in [1.29, 1.82) is 0 Å². The van der Waals surface area contributed by atoms with E-state index in [4.69, 9.17) is 15.2 Å². The first-order valence-corrected chi connectivity index (χ1v) is 12.4. The number of anilines is 1. The lowest BCUT2D eigenvalue weighted by Gasteiger charge is -2.48. The van der Waals surface area contributed by atoms with Crippen molar-refractivity contribution < 1.29 is 39.5 Å². The van der Waals surface area contributed by atoms with Crippen molar-refractivity contribution in [1.82, 2.24) is 10.2 Å². The van der Waals surface area contributed by atoms with Crippen LogP contribution >= 0.6 is 0 Å². The largest absolute Gasteiger partial charge is 0.507 e. The Morgan fingerprint density at radius 3 is 2.28 bits per heavy atom. The average Bonchev–Trinajstić information content (AvgIpc) is 2.99. The van der Waals surface area contributed by atoms with Crippen molar-refractivity contribution in [2.24, 2.45) is 5.73 Å². The Morgan fingerprint density at radius 2 is 1.77 bits per heavy atom. The van der Waals surface area contributed by atoms with Crippen LogP contribution in [0.25, 0.3) is 0 Å². The van der Waals surface area contributed by atoms with Crippen molar-refractivity contribution in [2.75, 3.05) is 33.1 Å². The van der Waals surface area contributed by atoms with Gasteiger partial charge in [-0.05, 0) is 56.7 Å². The van der Waals surface area contributed by atoms with Gasteiger partial charge in [-0.2, -0.15) is 0 Å². The van der Waals surface area contributed by atoms with Crippen molar-refractivity contribution >= 4 is 17.7 Å². The number of urea groups is 1. The summed E-state index contributed by atoms with van der Waals surface area (Å²) in [6.07, 6.45) is -1.48. The second-order valence-electron chi connectivity index (χ2n) is 10.3. The predicted octanol–water partition coefficient (Wildman–Crippen LogP) is 0.561. The van der Waals surface area contributed by atoms with Gasteiger partial charge in [0.1, 0.15) is 34.8 Å². The minimum absolute atomic E-state index is 0.106. The fourth-order valence-electron chi connectivity index (χ4n) is 5.30. The standard InChI is InChI=1S/C27H38N4O8/c1-15-8-7-9-19(33)20(15)23(34)39-14-26(37)22(29-17-10-12-18(38-6)13-11-17)21(28)27(16(2)32,25(26,3)36)30-24(35)31(4)5/h7-13,16,21-22,29,32-33,36-37H,14,28H2,1-6H3,(H,30,35)/t16-,21-,22-,25-,26+,27-/m0/s1. The molecule has 0 aromatic heterocycles. The number of rotatable bonds is 8. The van der Waals surface area contributed by atoms with E-state index in [9.17, 15) is 30.0 Å². The summed E-state index contributed by atoms with van der Waals surface area (Å²) in [5.74, 6) is -0.688. The van der Waals surface area contributed by atoms with Crippen molar-refractivity contribution in [3.8, 4) is 11.5 Å². The highest BCUT2D eigenvalue weighted by Gasteiger charge is 2.76. The molecule has 2 aromatic carbocycles. The summed E-state index contributed by atoms with van der Waals surface area (Å²) in [5, 5.41) is 51.0. The molecule has 0 spiro atoms. The Labute approximate surface area is 227 Å². The molecule has 3 rings (SSSR count). The maximum atomic E-state index is 13.0. The normalized spacial score (nSPS) is 28.9. The number of nitrogens with one attached hydrogen (secondary N) is 2. The number of nitrogens with zero attached hydrogens (tertiary/aromatic N) is 1. The summed E-state index contributed by atoms with van der Waals surface area (Å²) >= 11 is 0. The first-order valence-electron chi connectivity index (χ1n) is 12.4. The van der Waals surface area contributed by atoms with Gasteiger partial charge in [0.05, 0.1) is 25.3 Å². The predicted molar refractivity (Wildman–Crippen MR) is 144 cm³/mol. The van der Waals surface area contributed by atoms with Crippen molar-refractivity contribution in [2.45, 2.75) is 55.7 Å². The molecule has 0 bridgehead atoms. The second-order valence-corrected chi connectivity index (χ2v) is 10.3. The van der Waals surface area contributed by atoms with E-state index in [0.29, 0.717) is 17.0 Å². The number of nitrogens with two attached hydrogens (primary N) is 1. The lowest BCUT2D eigenvalue weighted by Crippen LogP contribution is -2.76. The molecule has 1 saturated carbocycles. The van der Waals surface area contributed by atoms with Crippen LogP contribution in [-0.2, 0) is 4.74 Å². The number of aliphatic hydroxyl groups is 3. The van der Waals surface area contributed by atoms with Crippen LogP contribution in [0.15, 0.2) is 42.5 Å². The Morgan fingerprint density at radius 1 is 1.15 bits per heavy atom. The molecule has 0 aliphatic heterocycles. The molecular weight excluding hydrogens is 508 g/mol. The molecule has 39 heavy (non-hydrogen) atoms. The summed E-state index contributed by atoms with van der Waals surface area (Å²) < 4.78 is 10.6. The maximum Gasteiger partial charge on any atom is 0.342 e. The van der Waals surface area contributed by atoms with Gasteiger partial charge >= 0.3 is 12.0 Å². The first-order chi connectivity index (χ1) is 18.1. The summed E-state index contributed by atoms with van der Waals surface area (Å²) in [4.78, 5) is 27.0. The van der Waals surface area contributed by atoms with Crippen LogP contribution in [0.5, 0.6) is 11.5 Å². The number of ether oxygens (including phenoxy) is 2. The third kappa shape index (κ3) is 4.96. The summed E-state index contributed by atoms with van der Waals surface area (Å²) in [5.41, 5.74) is 0.707. The molecule has 1 fully saturated rings. The molecule has 8 N–H and O–H groups in total. The van der Waals surface area contributed by atoms with Gasteiger partial charge in [-0.3, -0.25) is 0 Å². The van der Waals surface area contributed by atoms with E-state index in [2.05, 4.69) is 10.6 Å². The average molecular weight is 547 g/mol. The number of aliphatic hydroxyl groups excluding tert-OH is 1. The minimum Gasteiger partial charge on any atom is -0.507 e. The summed E-state index contributed by atoms with van der Waals surface area (Å²) in [6, 6.07) is 7.87. The lowest BCUT2D eigenvalue weighted by atomic mass is 9.73. The molecule has 12 nitrogen and oxygen atoms in total. The van der Waals surface area contributed by atoms with E-state index in [0.717, 1.165) is 0 Å². The molecule has 2 aromatic rings. The van der Waals surface area contributed by atoms with Gasteiger partial charge in [-0.25, -0.2) is 9.59 Å². The monoisotopic (exact) mass is 546 g/mol. The molecule has 2 amide bonds. The Bertz CT molecular complexity index is 1180. The molecular formula is C27H38N4O8. The molecule has 12 heteroatoms. The van der Waals surface area contributed by atoms with Gasteiger partial charge in [0.25, 0.3) is 0 Å². The molecule has 0 heterocycles. The molecule has 1 aliphatic rings. The zero-order chi connectivity index (χ0) is 29.3. The summed E-state index contributed by atoms with van der Waals surface area (Å²) in [6.45, 7) is 3.35. The van der Waals surface area contributed by atoms with Crippen LogP contribution in [0.4, 0.5) is 10.5 Å². The first kappa shape index (κ1) is 30.0. The topological polar surface area (TPSA) is 187 Å². The van der Waals surface area contributed by atoms with E-state index >= 15 is 0 Å². The van der Waals surface area contributed by atoms with Crippen molar-refractivity contribution in [3.63, 3.8) is 0 Å². The van der Waals surface area contributed by atoms with Gasteiger partial charge in [-0.15, -0.1) is 0 Å². The highest BCUT2D eigenvalue weighted by molar-refractivity contribution is 5.94. The van der Waals surface area contributed by atoms with E-state index in [1.165, 1.54) is 46.0 Å². The number of benzene rings is 2. The second kappa shape index (κ2) is 10.9. The van der Waals surface area contributed by atoms with Gasteiger partial charge < -0.3 is 51.2 Å². The number of phenols is 1. The third-order valence-electron chi connectivity index (χ3n) is 7.72. The quantitative estimate of drug-likeness (QED) is 0.231. The van der Waals surface area contributed by atoms with Crippen LogP contribution in [-0.4, -0.2) is 100 Å². The van der Waals surface area contributed by atoms with Crippen LogP contribution < -0.4 is 21.1 Å². The molecule has 0 radical (unpaired) electrons. The summed E-state index contributed by atoms with van der Waals surface area (Å²) in [7, 11) is 4.45. The maximum absolute atomic E-state index is 13.0. The van der Waals surface area contributed by atoms with Gasteiger partial charge in [0.2, 0.25) is 0 Å². The molecule has 6 atom stereocenters. The molecule has 214 valence electrons. The smallest absolute Gasteiger partial charge is 0.342 e. The fourth-order valence-corrected chi connectivity index (χ4v) is 5.30. The van der Waals surface area contributed by atoms with E-state index in [1.807, 2.05) is 0 Å².